The molecule has 0 aliphatic carbocycles. The number of hydrogen-bond acceptors (Lipinski definition) is 2. The van der Waals surface area contributed by atoms with Crippen molar-refractivity contribution in [1.82, 2.24) is 9.80 Å². The Bertz CT molecular complexity index is 711. The van der Waals surface area contributed by atoms with E-state index < -0.39 is 0 Å². The van der Waals surface area contributed by atoms with Crippen LogP contribution in [0, 0.1) is 5.92 Å². The minimum Gasteiger partial charge on any atom is -0.338 e. The number of nitrogens with zero attached hydrogens (tertiary/aromatic N) is 2. The summed E-state index contributed by atoms with van der Waals surface area (Å²) in [6, 6.07) is 18.2. The minimum absolute atomic E-state index is 0.140. The summed E-state index contributed by atoms with van der Waals surface area (Å²) in [7, 11) is 0. The van der Waals surface area contributed by atoms with Gasteiger partial charge in [0.15, 0.2) is 0 Å². The van der Waals surface area contributed by atoms with Gasteiger partial charge in [-0.15, -0.1) is 0 Å². The Hall–Kier alpha value is -1.84. The first-order chi connectivity index (χ1) is 12.7. The molecule has 0 atom stereocenters. The van der Waals surface area contributed by atoms with E-state index in [-0.39, 0.29) is 5.92 Å². The second kappa shape index (κ2) is 9.20. The lowest BCUT2D eigenvalue weighted by Gasteiger charge is -2.34. The van der Waals surface area contributed by atoms with Gasteiger partial charge in [0.1, 0.15) is 0 Å². The maximum absolute atomic E-state index is 12.9. The number of piperidine rings is 1. The van der Waals surface area contributed by atoms with Gasteiger partial charge >= 0.3 is 0 Å². The SMILES string of the molecule is CCN(Cc1ccccc1)C(=O)C1CCN(Cc2ccccc2Cl)CC1. The molecule has 138 valence electrons. The number of carbonyl (C=O) groups excluding carboxylic acids is 1. The molecule has 1 aliphatic rings. The molecule has 0 N–H and O–H groups in total. The Labute approximate surface area is 161 Å². The number of likely N-dealkylation sites (tertiary alicyclic amines) is 1. The van der Waals surface area contributed by atoms with E-state index in [1.54, 1.807) is 0 Å². The number of halogens is 1. The predicted octanol–water partition coefficient (Wildman–Crippen LogP) is 4.60. The summed E-state index contributed by atoms with van der Waals surface area (Å²) in [4.78, 5) is 17.3. The van der Waals surface area contributed by atoms with Crippen LogP contribution >= 0.6 is 11.6 Å². The molecule has 4 heteroatoms. The lowest BCUT2D eigenvalue weighted by atomic mass is 9.94. The molecule has 1 aliphatic heterocycles. The third-order valence-electron chi connectivity index (χ3n) is 5.20. The molecule has 0 radical (unpaired) electrons. The molecule has 2 aromatic rings. The maximum Gasteiger partial charge on any atom is 0.226 e. The lowest BCUT2D eigenvalue weighted by molar-refractivity contribution is -0.137. The Morgan fingerprint density at radius 3 is 2.38 bits per heavy atom. The highest BCUT2D eigenvalue weighted by molar-refractivity contribution is 6.31. The Kier molecular flexibility index (Phi) is 6.70. The zero-order chi connectivity index (χ0) is 18.4. The largest absolute Gasteiger partial charge is 0.338 e. The normalized spacial score (nSPS) is 15.8. The summed E-state index contributed by atoms with van der Waals surface area (Å²) in [6.45, 7) is 6.29. The first-order valence-corrected chi connectivity index (χ1v) is 9.83. The second-order valence-corrected chi connectivity index (χ2v) is 7.39. The van der Waals surface area contributed by atoms with E-state index in [0.29, 0.717) is 12.5 Å². The van der Waals surface area contributed by atoms with Crippen molar-refractivity contribution in [2.75, 3.05) is 19.6 Å². The van der Waals surface area contributed by atoms with Gasteiger partial charge < -0.3 is 4.90 Å². The summed E-state index contributed by atoms with van der Waals surface area (Å²) < 4.78 is 0. The smallest absolute Gasteiger partial charge is 0.226 e. The van der Waals surface area contributed by atoms with Gasteiger partial charge in [0.25, 0.3) is 0 Å². The van der Waals surface area contributed by atoms with Gasteiger partial charge in [0, 0.05) is 30.6 Å². The predicted molar refractivity (Wildman–Crippen MR) is 107 cm³/mol. The van der Waals surface area contributed by atoms with E-state index in [1.807, 2.05) is 41.3 Å². The quantitative estimate of drug-likeness (QED) is 0.741. The molecular weight excluding hydrogens is 344 g/mol. The highest BCUT2D eigenvalue weighted by atomic mass is 35.5. The van der Waals surface area contributed by atoms with Crippen LogP contribution < -0.4 is 0 Å². The molecule has 0 unspecified atom stereocenters. The van der Waals surface area contributed by atoms with Crippen LogP contribution in [0.3, 0.4) is 0 Å². The van der Waals surface area contributed by atoms with Crippen molar-refractivity contribution in [3.63, 3.8) is 0 Å². The number of amides is 1. The molecular formula is C22H27ClN2O. The molecule has 0 aromatic heterocycles. The molecule has 0 spiro atoms. The first-order valence-electron chi connectivity index (χ1n) is 9.46. The molecule has 0 bridgehead atoms. The van der Waals surface area contributed by atoms with Gasteiger partial charge in [-0.2, -0.15) is 0 Å². The fourth-order valence-corrected chi connectivity index (χ4v) is 3.81. The van der Waals surface area contributed by atoms with Crippen molar-refractivity contribution in [2.45, 2.75) is 32.9 Å². The highest BCUT2D eigenvalue weighted by Gasteiger charge is 2.28. The van der Waals surface area contributed by atoms with E-state index in [0.717, 1.165) is 44.0 Å². The average molecular weight is 371 g/mol. The van der Waals surface area contributed by atoms with Crippen molar-refractivity contribution in [3.05, 3.63) is 70.7 Å². The molecule has 3 nitrogen and oxygen atoms in total. The van der Waals surface area contributed by atoms with Gasteiger partial charge in [-0.05, 0) is 50.0 Å². The van der Waals surface area contributed by atoms with Crippen LogP contribution in [0.5, 0.6) is 0 Å². The van der Waals surface area contributed by atoms with Gasteiger partial charge in [0.05, 0.1) is 0 Å². The summed E-state index contributed by atoms with van der Waals surface area (Å²) in [6.07, 6.45) is 1.85. The van der Waals surface area contributed by atoms with Gasteiger partial charge in [-0.25, -0.2) is 0 Å². The Morgan fingerprint density at radius 2 is 1.73 bits per heavy atom. The fraction of sp³-hybridized carbons (Fsp3) is 0.409. The zero-order valence-corrected chi connectivity index (χ0v) is 16.2. The molecule has 1 fully saturated rings. The van der Waals surface area contributed by atoms with E-state index >= 15 is 0 Å². The van der Waals surface area contributed by atoms with Crippen LogP contribution in [0.4, 0.5) is 0 Å². The summed E-state index contributed by atoms with van der Waals surface area (Å²) in [5.74, 6) is 0.440. The van der Waals surface area contributed by atoms with Crippen molar-refractivity contribution < 1.29 is 4.79 Å². The van der Waals surface area contributed by atoms with Crippen LogP contribution in [0.1, 0.15) is 30.9 Å². The van der Waals surface area contributed by atoms with Crippen LogP contribution in [-0.2, 0) is 17.9 Å². The van der Waals surface area contributed by atoms with Crippen molar-refractivity contribution in [3.8, 4) is 0 Å². The van der Waals surface area contributed by atoms with Gasteiger partial charge in [-0.1, -0.05) is 60.1 Å². The zero-order valence-electron chi connectivity index (χ0n) is 15.4. The molecule has 1 amide bonds. The standard InChI is InChI=1S/C22H27ClN2O/c1-2-25(16-18-8-4-3-5-9-18)22(26)19-12-14-24(15-13-19)17-20-10-6-7-11-21(20)23/h3-11,19H,2,12-17H2,1H3. The molecule has 1 saturated heterocycles. The van der Waals surface area contributed by atoms with Crippen molar-refractivity contribution >= 4 is 17.5 Å². The maximum atomic E-state index is 12.9. The van der Waals surface area contributed by atoms with Crippen LogP contribution in [-0.4, -0.2) is 35.3 Å². The number of rotatable bonds is 6. The number of benzene rings is 2. The highest BCUT2D eigenvalue weighted by Crippen LogP contribution is 2.24. The molecule has 0 saturated carbocycles. The molecule has 3 rings (SSSR count). The van der Waals surface area contributed by atoms with E-state index in [9.17, 15) is 4.79 Å². The van der Waals surface area contributed by atoms with E-state index in [1.165, 1.54) is 11.1 Å². The average Bonchev–Trinajstić information content (AvgIpc) is 2.69. The Morgan fingerprint density at radius 1 is 1.08 bits per heavy atom. The lowest BCUT2D eigenvalue weighted by Crippen LogP contribution is -2.42. The summed E-state index contributed by atoms with van der Waals surface area (Å²) in [5, 5.41) is 0.825. The summed E-state index contributed by atoms with van der Waals surface area (Å²) >= 11 is 6.27. The number of carbonyl (C=O) groups is 1. The monoisotopic (exact) mass is 370 g/mol. The molecule has 2 aromatic carbocycles. The van der Waals surface area contributed by atoms with Crippen LogP contribution in [0.15, 0.2) is 54.6 Å². The second-order valence-electron chi connectivity index (χ2n) is 6.98. The van der Waals surface area contributed by atoms with Crippen molar-refractivity contribution in [1.29, 1.82) is 0 Å². The third kappa shape index (κ3) is 4.87. The fourth-order valence-electron chi connectivity index (χ4n) is 3.61. The van der Waals surface area contributed by atoms with Crippen LogP contribution in [0.2, 0.25) is 5.02 Å². The Balaban J connectivity index is 1.53. The first kappa shape index (κ1) is 18.9. The number of hydrogen-bond donors (Lipinski definition) is 0. The van der Waals surface area contributed by atoms with Crippen molar-refractivity contribution in [2.24, 2.45) is 5.92 Å². The third-order valence-corrected chi connectivity index (χ3v) is 5.57. The summed E-state index contributed by atoms with van der Waals surface area (Å²) in [5.41, 5.74) is 2.36. The topological polar surface area (TPSA) is 23.6 Å². The molecule has 1 heterocycles. The molecule has 26 heavy (non-hydrogen) atoms. The van der Waals surface area contributed by atoms with E-state index in [2.05, 4.69) is 30.0 Å². The van der Waals surface area contributed by atoms with Crippen LogP contribution in [0.25, 0.3) is 0 Å². The van der Waals surface area contributed by atoms with Gasteiger partial charge in [0.2, 0.25) is 5.91 Å². The van der Waals surface area contributed by atoms with Gasteiger partial charge in [-0.3, -0.25) is 9.69 Å². The minimum atomic E-state index is 0.140. The van der Waals surface area contributed by atoms with E-state index in [4.69, 9.17) is 11.6 Å².